The van der Waals surface area contributed by atoms with Crippen LogP contribution in [0, 0.1) is 0 Å². The maximum Gasteiger partial charge on any atom is 0.253 e. The molecule has 3 rings (SSSR count). The van der Waals surface area contributed by atoms with Crippen LogP contribution >= 0.6 is 11.8 Å². The molecule has 128 valence electrons. The van der Waals surface area contributed by atoms with Crippen molar-refractivity contribution in [3.05, 3.63) is 36.4 Å². The summed E-state index contributed by atoms with van der Waals surface area (Å²) in [6.07, 6.45) is 11.1. The molecule has 1 N–H and O–H groups in total. The predicted octanol–water partition coefficient (Wildman–Crippen LogP) is 2.66. The van der Waals surface area contributed by atoms with Crippen molar-refractivity contribution in [2.75, 3.05) is 7.11 Å². The number of methoxy groups -OCH3 is 1. The summed E-state index contributed by atoms with van der Waals surface area (Å²) in [7, 11) is 3.59. The van der Waals surface area contributed by atoms with Crippen molar-refractivity contribution in [1.29, 1.82) is 0 Å². The number of rotatable bonds is 5. The van der Waals surface area contributed by atoms with Gasteiger partial charge in [0.15, 0.2) is 5.16 Å². The highest BCUT2D eigenvalue weighted by Crippen LogP contribution is 2.32. The van der Waals surface area contributed by atoms with Crippen molar-refractivity contribution in [1.82, 2.24) is 19.9 Å². The first kappa shape index (κ1) is 16.8. The average Bonchev–Trinajstić information content (AvgIpc) is 3.01. The second-order valence-corrected chi connectivity index (χ2v) is 7.27. The molecule has 0 atom stereocenters. The number of hydrogen-bond acceptors (Lipinski definition) is 5. The summed E-state index contributed by atoms with van der Waals surface area (Å²) in [5.74, 6) is 0.513. The van der Waals surface area contributed by atoms with Crippen LogP contribution in [-0.2, 0) is 7.05 Å². The largest absolute Gasteiger partial charge is 0.495 e. The maximum atomic E-state index is 12.3. The molecule has 1 fully saturated rings. The van der Waals surface area contributed by atoms with Gasteiger partial charge in [0.1, 0.15) is 5.75 Å². The number of imidazole rings is 1. The zero-order valence-corrected chi connectivity index (χ0v) is 14.8. The van der Waals surface area contributed by atoms with Gasteiger partial charge in [0.2, 0.25) is 0 Å². The van der Waals surface area contributed by atoms with Crippen molar-refractivity contribution >= 4 is 17.7 Å². The van der Waals surface area contributed by atoms with E-state index in [9.17, 15) is 4.79 Å². The highest BCUT2D eigenvalue weighted by atomic mass is 32.2. The molecule has 1 amide bonds. The molecule has 2 aromatic heterocycles. The van der Waals surface area contributed by atoms with Crippen LogP contribution in [0.1, 0.15) is 36.0 Å². The van der Waals surface area contributed by atoms with E-state index >= 15 is 0 Å². The first-order chi connectivity index (χ1) is 11.7. The fourth-order valence-electron chi connectivity index (χ4n) is 2.86. The first-order valence-corrected chi connectivity index (χ1v) is 8.97. The van der Waals surface area contributed by atoms with Crippen molar-refractivity contribution < 1.29 is 9.53 Å². The Morgan fingerprint density at radius 3 is 2.79 bits per heavy atom. The number of pyridine rings is 1. The van der Waals surface area contributed by atoms with Crippen LogP contribution in [0.2, 0.25) is 0 Å². The van der Waals surface area contributed by atoms with Gasteiger partial charge >= 0.3 is 0 Å². The summed E-state index contributed by atoms with van der Waals surface area (Å²) in [5.41, 5.74) is 0.541. The number of nitrogens with one attached hydrogen (secondary N) is 1. The quantitative estimate of drug-likeness (QED) is 0.901. The lowest BCUT2D eigenvalue weighted by atomic mass is 9.95. The van der Waals surface area contributed by atoms with Gasteiger partial charge in [-0.1, -0.05) is 11.8 Å². The number of hydrogen-bond donors (Lipinski definition) is 1. The highest BCUT2D eigenvalue weighted by Gasteiger charge is 2.24. The number of carbonyl (C=O) groups excluding carboxylic acids is 1. The Hall–Kier alpha value is -2.02. The molecular weight excluding hydrogens is 324 g/mol. The van der Waals surface area contributed by atoms with Crippen molar-refractivity contribution in [3.8, 4) is 5.75 Å². The van der Waals surface area contributed by atoms with E-state index < -0.39 is 0 Å². The zero-order chi connectivity index (χ0) is 16.9. The predicted molar refractivity (Wildman–Crippen MR) is 93.4 cm³/mol. The number of aromatic nitrogens is 3. The number of nitrogens with zero attached hydrogens (tertiary/aromatic N) is 3. The zero-order valence-electron chi connectivity index (χ0n) is 13.9. The number of ether oxygens (including phenoxy) is 1. The SMILES string of the molecule is COc1cncc(C(=O)NC2CCC(Sc3nccn3C)CC2)c1. The van der Waals surface area contributed by atoms with Crippen LogP contribution in [0.15, 0.2) is 36.0 Å². The van der Waals surface area contributed by atoms with E-state index in [1.165, 1.54) is 0 Å². The molecule has 24 heavy (non-hydrogen) atoms. The van der Waals surface area contributed by atoms with Gasteiger partial charge in [-0.15, -0.1) is 0 Å². The van der Waals surface area contributed by atoms with Crippen molar-refractivity contribution in [2.45, 2.75) is 42.1 Å². The van der Waals surface area contributed by atoms with Gasteiger partial charge in [-0.3, -0.25) is 9.78 Å². The second kappa shape index (κ2) is 7.70. The van der Waals surface area contributed by atoms with E-state index in [0.717, 1.165) is 30.8 Å². The van der Waals surface area contributed by atoms with Crippen LogP contribution in [0.4, 0.5) is 0 Å². The summed E-state index contributed by atoms with van der Waals surface area (Å²) < 4.78 is 7.17. The number of carbonyl (C=O) groups is 1. The van der Waals surface area contributed by atoms with Crippen LogP contribution in [-0.4, -0.2) is 38.8 Å². The lowest BCUT2D eigenvalue weighted by Crippen LogP contribution is -2.38. The van der Waals surface area contributed by atoms with Crippen LogP contribution in [0.25, 0.3) is 0 Å². The number of amides is 1. The van der Waals surface area contributed by atoms with E-state index in [4.69, 9.17) is 4.74 Å². The molecule has 2 aromatic rings. The highest BCUT2D eigenvalue weighted by molar-refractivity contribution is 7.99. The Bertz CT molecular complexity index is 695. The topological polar surface area (TPSA) is 69.0 Å². The van der Waals surface area contributed by atoms with Gasteiger partial charge in [-0.05, 0) is 31.7 Å². The summed E-state index contributed by atoms with van der Waals surface area (Å²) in [6.45, 7) is 0. The Morgan fingerprint density at radius 2 is 2.12 bits per heavy atom. The third kappa shape index (κ3) is 4.08. The maximum absolute atomic E-state index is 12.3. The van der Waals surface area contributed by atoms with E-state index in [1.54, 1.807) is 25.6 Å². The van der Waals surface area contributed by atoms with Crippen LogP contribution in [0.5, 0.6) is 5.75 Å². The second-order valence-electron chi connectivity index (χ2n) is 6.00. The first-order valence-electron chi connectivity index (χ1n) is 8.09. The van der Waals surface area contributed by atoms with Gasteiger partial charge in [-0.2, -0.15) is 0 Å². The number of aryl methyl sites for hydroxylation is 1. The molecule has 0 unspecified atom stereocenters. The molecule has 7 heteroatoms. The van der Waals surface area contributed by atoms with E-state index in [0.29, 0.717) is 16.6 Å². The lowest BCUT2D eigenvalue weighted by molar-refractivity contribution is 0.0927. The molecular formula is C17H22N4O2S. The third-order valence-electron chi connectivity index (χ3n) is 4.27. The van der Waals surface area contributed by atoms with Crippen molar-refractivity contribution in [2.24, 2.45) is 7.05 Å². The molecule has 1 aliphatic carbocycles. The molecule has 2 heterocycles. The minimum absolute atomic E-state index is 0.0818. The minimum atomic E-state index is -0.0818. The van der Waals surface area contributed by atoms with E-state index in [1.807, 2.05) is 35.8 Å². The Morgan fingerprint density at radius 1 is 1.33 bits per heavy atom. The monoisotopic (exact) mass is 346 g/mol. The Balaban J connectivity index is 1.50. The van der Waals surface area contributed by atoms with Gasteiger partial charge in [-0.25, -0.2) is 4.98 Å². The average molecular weight is 346 g/mol. The molecule has 0 aliphatic heterocycles. The molecule has 0 saturated heterocycles. The van der Waals surface area contributed by atoms with Gasteiger partial charge in [0.05, 0.1) is 18.9 Å². The summed E-state index contributed by atoms with van der Waals surface area (Å²) in [4.78, 5) is 20.7. The van der Waals surface area contributed by atoms with Gasteiger partial charge in [0.25, 0.3) is 5.91 Å². The Kier molecular flexibility index (Phi) is 5.40. The van der Waals surface area contributed by atoms with Gasteiger partial charge in [0, 0.05) is 36.9 Å². The standard InChI is InChI=1S/C17H22N4O2S/c1-21-8-7-19-17(21)24-15-5-3-13(4-6-15)20-16(22)12-9-14(23-2)11-18-10-12/h7-11,13,15H,3-6H2,1-2H3,(H,20,22). The fourth-order valence-corrected chi connectivity index (χ4v) is 4.02. The minimum Gasteiger partial charge on any atom is -0.495 e. The van der Waals surface area contributed by atoms with E-state index in [-0.39, 0.29) is 11.9 Å². The third-order valence-corrected chi connectivity index (χ3v) is 5.68. The molecule has 1 aliphatic rings. The summed E-state index contributed by atoms with van der Waals surface area (Å²) in [6, 6.07) is 1.94. The molecule has 0 aromatic carbocycles. The van der Waals surface area contributed by atoms with Crippen molar-refractivity contribution in [3.63, 3.8) is 0 Å². The van der Waals surface area contributed by atoms with Gasteiger partial charge < -0.3 is 14.6 Å². The van der Waals surface area contributed by atoms with Crippen LogP contribution < -0.4 is 10.1 Å². The molecule has 0 radical (unpaired) electrons. The Labute approximate surface area is 146 Å². The fraction of sp³-hybridized carbons (Fsp3) is 0.471. The lowest BCUT2D eigenvalue weighted by Gasteiger charge is -2.28. The number of thioether (sulfide) groups is 1. The smallest absolute Gasteiger partial charge is 0.253 e. The van der Waals surface area contributed by atoms with Crippen LogP contribution in [0.3, 0.4) is 0 Å². The summed E-state index contributed by atoms with van der Waals surface area (Å²) >= 11 is 1.83. The molecule has 0 spiro atoms. The molecule has 6 nitrogen and oxygen atoms in total. The molecule has 1 saturated carbocycles. The van der Waals surface area contributed by atoms with E-state index in [2.05, 4.69) is 15.3 Å². The summed E-state index contributed by atoms with van der Waals surface area (Å²) in [5, 5.41) is 4.74. The normalized spacial score (nSPS) is 20.6. The molecule has 0 bridgehead atoms.